The number of phenolic OH excluding ortho intramolecular Hbond substituents is 1. The highest BCUT2D eigenvalue weighted by Gasteiger charge is 2.16. The predicted molar refractivity (Wildman–Crippen MR) is 115 cm³/mol. The number of nitrogens with one attached hydrogen (secondary N) is 3. The predicted octanol–water partition coefficient (Wildman–Crippen LogP) is 3.18. The molecule has 0 atom stereocenters. The fourth-order valence-electron chi connectivity index (χ4n) is 2.68. The van der Waals surface area contributed by atoms with Gasteiger partial charge in [0.25, 0.3) is 11.8 Å². The molecule has 0 bridgehead atoms. The summed E-state index contributed by atoms with van der Waals surface area (Å²) in [5, 5.41) is 23.1. The summed E-state index contributed by atoms with van der Waals surface area (Å²) in [4.78, 5) is 31.0. The van der Waals surface area contributed by atoms with E-state index >= 15 is 0 Å². The van der Waals surface area contributed by atoms with Gasteiger partial charge in [0.1, 0.15) is 17.4 Å². The van der Waals surface area contributed by atoms with Crippen molar-refractivity contribution in [3.05, 3.63) is 83.6 Å². The first-order chi connectivity index (χ1) is 14.3. The number of hydrogen-bond donors (Lipinski definition) is 4. The van der Waals surface area contributed by atoms with Gasteiger partial charge in [0.05, 0.1) is 11.3 Å². The molecule has 0 fully saturated rings. The third-order valence-electron chi connectivity index (χ3n) is 4.27. The van der Waals surface area contributed by atoms with Crippen molar-refractivity contribution in [2.45, 2.75) is 0 Å². The fourth-order valence-corrected chi connectivity index (χ4v) is 2.68. The first-order valence-corrected chi connectivity index (χ1v) is 9.08. The third kappa shape index (κ3) is 4.79. The van der Waals surface area contributed by atoms with Crippen LogP contribution in [0.4, 0.5) is 11.5 Å². The van der Waals surface area contributed by atoms with Crippen molar-refractivity contribution in [1.29, 1.82) is 5.41 Å². The molecule has 1 heterocycles. The molecule has 3 aromatic rings. The van der Waals surface area contributed by atoms with Crippen LogP contribution in [-0.2, 0) is 0 Å². The van der Waals surface area contributed by atoms with E-state index in [0.717, 1.165) is 0 Å². The molecule has 0 aliphatic heterocycles. The van der Waals surface area contributed by atoms with Gasteiger partial charge in [-0.1, -0.05) is 18.2 Å². The van der Waals surface area contributed by atoms with Gasteiger partial charge in [0, 0.05) is 31.4 Å². The summed E-state index contributed by atoms with van der Waals surface area (Å²) in [5.41, 5.74) is 1.39. The second-order valence-corrected chi connectivity index (χ2v) is 6.67. The van der Waals surface area contributed by atoms with Crippen LogP contribution in [0.2, 0.25) is 0 Å². The van der Waals surface area contributed by atoms with Crippen LogP contribution in [0.25, 0.3) is 0 Å². The van der Waals surface area contributed by atoms with E-state index in [1.54, 1.807) is 67.7 Å². The molecule has 2 aromatic carbocycles. The zero-order valence-corrected chi connectivity index (χ0v) is 16.5. The standard InChI is InChI=1S/C22H21N5O3/c1-27(2)20(23)14-6-8-15(9-7-14)21(29)25-18-11-10-16(28)13-17(18)22(30)26-19-5-3-4-12-24-19/h3-13,23,28H,1-2H3,(H,25,29)(H,24,26,30). The molecule has 3 rings (SSSR count). The normalized spacial score (nSPS) is 10.2. The first kappa shape index (κ1) is 20.5. The number of benzene rings is 2. The fraction of sp³-hybridized carbons (Fsp3) is 0.0909. The molecule has 0 saturated heterocycles. The third-order valence-corrected chi connectivity index (χ3v) is 4.27. The van der Waals surface area contributed by atoms with E-state index in [1.165, 1.54) is 18.2 Å². The largest absolute Gasteiger partial charge is 0.508 e. The number of phenols is 1. The highest BCUT2D eigenvalue weighted by atomic mass is 16.3. The quantitative estimate of drug-likeness (QED) is 0.296. The van der Waals surface area contributed by atoms with Crippen LogP contribution in [0.3, 0.4) is 0 Å². The summed E-state index contributed by atoms with van der Waals surface area (Å²) in [6, 6.07) is 15.8. The van der Waals surface area contributed by atoms with Crippen molar-refractivity contribution >= 4 is 29.2 Å². The highest BCUT2D eigenvalue weighted by molar-refractivity contribution is 6.12. The van der Waals surface area contributed by atoms with Crippen LogP contribution in [0.15, 0.2) is 66.9 Å². The maximum absolute atomic E-state index is 12.7. The lowest BCUT2D eigenvalue weighted by Crippen LogP contribution is -2.22. The minimum atomic E-state index is -0.519. The Labute approximate surface area is 173 Å². The summed E-state index contributed by atoms with van der Waals surface area (Å²) in [5.74, 6) is -0.369. The minimum absolute atomic E-state index is 0.0972. The smallest absolute Gasteiger partial charge is 0.259 e. The Hall–Kier alpha value is -4.20. The number of carbonyl (C=O) groups is 2. The van der Waals surface area contributed by atoms with Gasteiger partial charge in [0.2, 0.25) is 0 Å². The molecular formula is C22H21N5O3. The zero-order chi connectivity index (χ0) is 21.7. The SMILES string of the molecule is CN(C)C(=N)c1ccc(C(=O)Nc2ccc(O)cc2C(=O)Nc2ccccn2)cc1. The number of nitrogens with zero attached hydrogens (tertiary/aromatic N) is 2. The van der Waals surface area contributed by atoms with E-state index in [-0.39, 0.29) is 17.0 Å². The molecule has 0 unspecified atom stereocenters. The van der Waals surface area contributed by atoms with Crippen LogP contribution in [0.5, 0.6) is 5.75 Å². The van der Waals surface area contributed by atoms with Crippen molar-refractivity contribution in [1.82, 2.24) is 9.88 Å². The van der Waals surface area contributed by atoms with E-state index < -0.39 is 11.8 Å². The van der Waals surface area contributed by atoms with Crippen molar-refractivity contribution in [2.24, 2.45) is 0 Å². The van der Waals surface area contributed by atoms with Crippen LogP contribution in [-0.4, -0.2) is 46.7 Å². The molecule has 0 radical (unpaired) electrons. The number of pyridine rings is 1. The first-order valence-electron chi connectivity index (χ1n) is 9.08. The van der Waals surface area contributed by atoms with Crippen molar-refractivity contribution in [2.75, 3.05) is 24.7 Å². The minimum Gasteiger partial charge on any atom is -0.508 e. The average molecular weight is 403 g/mol. The van der Waals surface area contributed by atoms with Gasteiger partial charge < -0.3 is 20.6 Å². The molecule has 0 spiro atoms. The Kier molecular flexibility index (Phi) is 6.07. The lowest BCUT2D eigenvalue weighted by molar-refractivity contribution is 0.102. The monoisotopic (exact) mass is 403 g/mol. The van der Waals surface area contributed by atoms with Gasteiger partial charge in [-0.05, 0) is 42.5 Å². The molecule has 1 aromatic heterocycles. The van der Waals surface area contributed by atoms with Crippen molar-refractivity contribution in [3.8, 4) is 5.75 Å². The van der Waals surface area contributed by atoms with Crippen LogP contribution in [0, 0.1) is 5.41 Å². The lowest BCUT2D eigenvalue weighted by atomic mass is 10.1. The molecule has 0 aliphatic rings. The molecule has 2 amide bonds. The van der Waals surface area contributed by atoms with Gasteiger partial charge in [-0.15, -0.1) is 0 Å². The summed E-state index contributed by atoms with van der Waals surface area (Å²) in [7, 11) is 3.54. The Morgan fingerprint density at radius 1 is 0.933 bits per heavy atom. The Bertz CT molecular complexity index is 1080. The lowest BCUT2D eigenvalue weighted by Gasteiger charge is -2.14. The Balaban J connectivity index is 1.80. The molecule has 4 N–H and O–H groups in total. The molecule has 152 valence electrons. The number of carbonyl (C=O) groups excluding carboxylic acids is 2. The molecule has 0 saturated carbocycles. The highest BCUT2D eigenvalue weighted by Crippen LogP contribution is 2.23. The summed E-state index contributed by atoms with van der Waals surface area (Å²) >= 11 is 0. The van der Waals surface area contributed by atoms with Crippen molar-refractivity contribution < 1.29 is 14.7 Å². The van der Waals surface area contributed by atoms with Crippen molar-refractivity contribution in [3.63, 3.8) is 0 Å². The number of aromatic hydroxyl groups is 1. The molecular weight excluding hydrogens is 382 g/mol. The summed E-state index contributed by atoms with van der Waals surface area (Å²) in [6.07, 6.45) is 1.54. The molecule has 8 heteroatoms. The number of aromatic nitrogens is 1. The number of anilines is 2. The number of hydrogen-bond acceptors (Lipinski definition) is 5. The maximum Gasteiger partial charge on any atom is 0.259 e. The molecule has 30 heavy (non-hydrogen) atoms. The average Bonchev–Trinajstić information content (AvgIpc) is 2.75. The number of amidine groups is 1. The summed E-state index contributed by atoms with van der Waals surface area (Å²) < 4.78 is 0. The zero-order valence-electron chi connectivity index (χ0n) is 16.5. The second-order valence-electron chi connectivity index (χ2n) is 6.67. The number of amides is 2. The Morgan fingerprint density at radius 3 is 2.27 bits per heavy atom. The van der Waals surface area contributed by atoms with Gasteiger partial charge >= 0.3 is 0 Å². The second kappa shape index (κ2) is 8.87. The maximum atomic E-state index is 12.7. The topological polar surface area (TPSA) is 118 Å². The van der Waals surface area contributed by atoms with E-state index in [2.05, 4.69) is 15.6 Å². The number of rotatable bonds is 5. The van der Waals surface area contributed by atoms with Crippen LogP contribution >= 0.6 is 0 Å². The van der Waals surface area contributed by atoms with Crippen LogP contribution < -0.4 is 10.6 Å². The Morgan fingerprint density at radius 2 is 1.63 bits per heavy atom. The van der Waals surface area contributed by atoms with Gasteiger partial charge in [0.15, 0.2) is 0 Å². The van der Waals surface area contributed by atoms with E-state index in [0.29, 0.717) is 22.8 Å². The van der Waals surface area contributed by atoms with Gasteiger partial charge in [-0.2, -0.15) is 0 Å². The summed E-state index contributed by atoms with van der Waals surface area (Å²) in [6.45, 7) is 0. The van der Waals surface area contributed by atoms with E-state index in [9.17, 15) is 14.7 Å². The van der Waals surface area contributed by atoms with E-state index in [1.807, 2.05) is 0 Å². The van der Waals surface area contributed by atoms with Gasteiger partial charge in [-0.3, -0.25) is 15.0 Å². The molecule has 8 nitrogen and oxygen atoms in total. The van der Waals surface area contributed by atoms with E-state index in [4.69, 9.17) is 5.41 Å². The molecule has 0 aliphatic carbocycles. The van der Waals surface area contributed by atoms with Crippen LogP contribution in [0.1, 0.15) is 26.3 Å². The van der Waals surface area contributed by atoms with Gasteiger partial charge in [-0.25, -0.2) is 4.98 Å².